The van der Waals surface area contributed by atoms with Crippen molar-refractivity contribution in [2.75, 3.05) is 4.90 Å². The van der Waals surface area contributed by atoms with Gasteiger partial charge in [0.25, 0.3) is 11.5 Å². The van der Waals surface area contributed by atoms with Crippen LogP contribution in [0.2, 0.25) is 0 Å². The van der Waals surface area contributed by atoms with E-state index in [2.05, 4.69) is 4.98 Å². The summed E-state index contributed by atoms with van der Waals surface area (Å²) < 4.78 is 0. The number of hydrogen-bond donors (Lipinski definition) is 1. The third-order valence-electron chi connectivity index (χ3n) is 4.69. The van der Waals surface area contributed by atoms with E-state index in [0.717, 1.165) is 23.2 Å². The number of pyridine rings is 1. The molecular weight excluding hydrogens is 312 g/mol. The van der Waals surface area contributed by atoms with Gasteiger partial charge in [-0.15, -0.1) is 0 Å². The van der Waals surface area contributed by atoms with Gasteiger partial charge in [-0.1, -0.05) is 48.5 Å². The number of rotatable bonds is 2. The van der Waals surface area contributed by atoms with Crippen LogP contribution in [0.1, 0.15) is 22.8 Å². The van der Waals surface area contributed by atoms with Crippen molar-refractivity contribution in [2.45, 2.75) is 19.4 Å². The highest BCUT2D eigenvalue weighted by atomic mass is 16.2. The maximum Gasteiger partial charge on any atom is 0.264 e. The zero-order valence-electron chi connectivity index (χ0n) is 13.9. The van der Waals surface area contributed by atoms with E-state index in [1.165, 1.54) is 0 Å². The normalized spacial score (nSPS) is 15.9. The smallest absolute Gasteiger partial charge is 0.264 e. The molecule has 1 unspecified atom stereocenters. The second-order valence-electron chi connectivity index (χ2n) is 6.32. The number of aromatic nitrogens is 1. The Hall–Kier alpha value is -3.14. The molecular formula is C21H18N2O2. The topological polar surface area (TPSA) is 53.2 Å². The number of carbonyl (C=O) groups excluding carboxylic acids is 1. The van der Waals surface area contributed by atoms with Crippen molar-refractivity contribution in [3.8, 4) is 11.1 Å². The van der Waals surface area contributed by atoms with Gasteiger partial charge in [-0.05, 0) is 36.6 Å². The molecule has 1 amide bonds. The summed E-state index contributed by atoms with van der Waals surface area (Å²) in [5, 5.41) is 0. The molecule has 1 N–H and O–H groups in total. The van der Waals surface area contributed by atoms with Crippen molar-refractivity contribution < 1.29 is 4.79 Å². The van der Waals surface area contributed by atoms with Crippen LogP contribution in [0, 0.1) is 0 Å². The van der Waals surface area contributed by atoms with Crippen LogP contribution in [0.4, 0.5) is 5.69 Å². The van der Waals surface area contributed by atoms with Crippen LogP contribution in [0.5, 0.6) is 0 Å². The summed E-state index contributed by atoms with van der Waals surface area (Å²) in [6.07, 6.45) is 2.39. The van der Waals surface area contributed by atoms with E-state index in [-0.39, 0.29) is 23.1 Å². The molecule has 3 aromatic rings. The van der Waals surface area contributed by atoms with E-state index in [9.17, 15) is 9.59 Å². The number of hydrogen-bond acceptors (Lipinski definition) is 2. The van der Waals surface area contributed by atoms with Gasteiger partial charge in [0.05, 0.1) is 0 Å². The summed E-state index contributed by atoms with van der Waals surface area (Å²) in [4.78, 5) is 30.3. The first-order valence-corrected chi connectivity index (χ1v) is 8.35. The number of para-hydroxylation sites is 1. The first-order chi connectivity index (χ1) is 12.2. The third kappa shape index (κ3) is 2.56. The fourth-order valence-electron chi connectivity index (χ4n) is 3.54. The van der Waals surface area contributed by atoms with Crippen LogP contribution in [0.15, 0.2) is 71.7 Å². The minimum absolute atomic E-state index is 0.0214. The fraction of sp³-hybridized carbons (Fsp3) is 0.143. The van der Waals surface area contributed by atoms with Gasteiger partial charge in [0.15, 0.2) is 0 Å². The van der Waals surface area contributed by atoms with Crippen molar-refractivity contribution >= 4 is 11.6 Å². The zero-order valence-corrected chi connectivity index (χ0v) is 13.9. The number of nitrogens with zero attached hydrogens (tertiary/aromatic N) is 1. The van der Waals surface area contributed by atoms with Gasteiger partial charge in [0.1, 0.15) is 5.56 Å². The lowest BCUT2D eigenvalue weighted by Crippen LogP contribution is -2.39. The Labute approximate surface area is 145 Å². The molecule has 1 aromatic heterocycles. The van der Waals surface area contributed by atoms with Crippen LogP contribution in [0.3, 0.4) is 0 Å². The number of anilines is 1. The monoisotopic (exact) mass is 330 g/mol. The van der Waals surface area contributed by atoms with Crippen molar-refractivity contribution in [1.29, 1.82) is 0 Å². The second kappa shape index (κ2) is 6.06. The van der Waals surface area contributed by atoms with E-state index in [1.807, 2.05) is 61.5 Å². The van der Waals surface area contributed by atoms with Crippen LogP contribution >= 0.6 is 0 Å². The minimum Gasteiger partial charge on any atom is -0.328 e. The average molecular weight is 330 g/mol. The highest BCUT2D eigenvalue weighted by Crippen LogP contribution is 2.34. The van der Waals surface area contributed by atoms with Gasteiger partial charge < -0.3 is 9.88 Å². The highest BCUT2D eigenvalue weighted by Gasteiger charge is 2.33. The molecule has 1 atom stereocenters. The molecule has 2 aromatic carbocycles. The first kappa shape index (κ1) is 15.4. The molecule has 2 heterocycles. The SMILES string of the molecule is CC1Cc2ccccc2N1C(=O)c1c(-c2ccccc2)cc[nH]c1=O. The first-order valence-electron chi connectivity index (χ1n) is 8.35. The number of carbonyl (C=O) groups is 1. The van der Waals surface area contributed by atoms with E-state index in [1.54, 1.807) is 17.2 Å². The fourth-order valence-corrected chi connectivity index (χ4v) is 3.54. The molecule has 4 rings (SSSR count). The van der Waals surface area contributed by atoms with Crippen molar-refractivity contribution in [3.63, 3.8) is 0 Å². The van der Waals surface area contributed by atoms with E-state index < -0.39 is 0 Å². The van der Waals surface area contributed by atoms with Crippen molar-refractivity contribution in [1.82, 2.24) is 4.98 Å². The van der Waals surface area contributed by atoms with Gasteiger partial charge in [-0.25, -0.2) is 0 Å². The predicted octanol–water partition coefficient (Wildman–Crippen LogP) is 3.63. The Balaban J connectivity index is 1.86. The zero-order chi connectivity index (χ0) is 17.4. The molecule has 124 valence electrons. The molecule has 0 saturated carbocycles. The number of fused-ring (bicyclic) bond motifs is 1. The summed E-state index contributed by atoms with van der Waals surface area (Å²) >= 11 is 0. The average Bonchev–Trinajstić information content (AvgIpc) is 2.97. The van der Waals surface area contributed by atoms with Crippen LogP contribution in [0.25, 0.3) is 11.1 Å². The predicted molar refractivity (Wildman–Crippen MR) is 98.9 cm³/mol. The summed E-state index contributed by atoms with van der Waals surface area (Å²) in [6, 6.07) is 19.2. The lowest BCUT2D eigenvalue weighted by Gasteiger charge is -2.23. The van der Waals surface area contributed by atoms with Crippen LogP contribution in [-0.4, -0.2) is 16.9 Å². The van der Waals surface area contributed by atoms with Gasteiger partial charge in [-0.2, -0.15) is 0 Å². The molecule has 1 aliphatic rings. The van der Waals surface area contributed by atoms with E-state index in [0.29, 0.717) is 5.56 Å². The molecule has 0 radical (unpaired) electrons. The molecule has 0 aliphatic carbocycles. The summed E-state index contributed by atoms with van der Waals surface area (Å²) in [5.41, 5.74) is 3.38. The van der Waals surface area contributed by atoms with Crippen molar-refractivity contribution in [3.05, 3.63) is 88.3 Å². The minimum atomic E-state index is -0.358. The Bertz CT molecular complexity index is 992. The molecule has 25 heavy (non-hydrogen) atoms. The second-order valence-corrected chi connectivity index (χ2v) is 6.32. The molecule has 1 aliphatic heterocycles. The standard InChI is InChI=1S/C21H18N2O2/c1-14-13-16-9-5-6-10-18(16)23(14)21(25)19-17(11-12-22-20(19)24)15-7-3-2-4-8-15/h2-12,14H,13H2,1H3,(H,22,24). The number of benzene rings is 2. The molecule has 0 spiro atoms. The van der Waals surface area contributed by atoms with Crippen molar-refractivity contribution in [2.24, 2.45) is 0 Å². The Kier molecular flexibility index (Phi) is 3.73. The number of aromatic amines is 1. The maximum absolute atomic E-state index is 13.3. The van der Waals surface area contributed by atoms with Gasteiger partial charge >= 0.3 is 0 Å². The molecule has 0 bridgehead atoms. The Morgan fingerprint density at radius 3 is 2.56 bits per heavy atom. The highest BCUT2D eigenvalue weighted by molar-refractivity contribution is 6.11. The van der Waals surface area contributed by atoms with Gasteiger partial charge in [0, 0.05) is 23.5 Å². The van der Waals surface area contributed by atoms with E-state index in [4.69, 9.17) is 0 Å². The summed E-state index contributed by atoms with van der Waals surface area (Å²) in [7, 11) is 0. The molecule has 4 nitrogen and oxygen atoms in total. The molecule has 4 heteroatoms. The quantitative estimate of drug-likeness (QED) is 0.780. The Morgan fingerprint density at radius 1 is 1.04 bits per heavy atom. The maximum atomic E-state index is 13.3. The summed E-state index contributed by atoms with van der Waals surface area (Å²) in [5.74, 6) is -0.252. The largest absolute Gasteiger partial charge is 0.328 e. The lowest BCUT2D eigenvalue weighted by atomic mass is 10.0. The lowest BCUT2D eigenvalue weighted by molar-refractivity contribution is 0.0980. The summed E-state index contributed by atoms with van der Waals surface area (Å²) in [6.45, 7) is 2.01. The van der Waals surface area contributed by atoms with Crippen LogP contribution in [-0.2, 0) is 6.42 Å². The van der Waals surface area contributed by atoms with E-state index >= 15 is 0 Å². The third-order valence-corrected chi connectivity index (χ3v) is 4.69. The van der Waals surface area contributed by atoms with Crippen LogP contribution < -0.4 is 10.5 Å². The molecule has 0 fully saturated rings. The van der Waals surface area contributed by atoms with Gasteiger partial charge in [-0.3, -0.25) is 9.59 Å². The van der Waals surface area contributed by atoms with Gasteiger partial charge in [0.2, 0.25) is 0 Å². The number of nitrogens with one attached hydrogen (secondary N) is 1. The number of H-pyrrole nitrogens is 1. The molecule has 0 saturated heterocycles. The Morgan fingerprint density at radius 2 is 1.76 bits per heavy atom. The number of amides is 1.